The Morgan fingerprint density at radius 3 is 2.69 bits per heavy atom. The Hall–Kier alpha value is -1.41. The van der Waals surface area contributed by atoms with Gasteiger partial charge in [0.25, 0.3) is 0 Å². The third-order valence-electron chi connectivity index (χ3n) is 4.29. The molecule has 4 nitrogen and oxygen atoms in total. The molecule has 1 aromatic heterocycles. The van der Waals surface area contributed by atoms with Crippen LogP contribution < -0.4 is 5.14 Å². The van der Waals surface area contributed by atoms with Gasteiger partial charge in [0.2, 0.25) is 10.0 Å². The SMILES string of the molecule is Cc1ccc2sc(SCCCC(c3ccccc3C)S(N)(=O)=O)nc2c1. The van der Waals surface area contributed by atoms with Crippen LogP contribution in [-0.2, 0) is 10.0 Å². The number of thiazole rings is 1. The van der Waals surface area contributed by atoms with E-state index < -0.39 is 15.3 Å². The Kier molecular flexibility index (Phi) is 6.02. The summed E-state index contributed by atoms with van der Waals surface area (Å²) in [5.41, 5.74) is 3.99. The number of sulfonamides is 1. The van der Waals surface area contributed by atoms with E-state index in [2.05, 4.69) is 30.1 Å². The van der Waals surface area contributed by atoms with E-state index in [1.165, 1.54) is 10.3 Å². The monoisotopic (exact) mass is 406 g/mol. The van der Waals surface area contributed by atoms with Gasteiger partial charge in [-0.05, 0) is 55.5 Å². The van der Waals surface area contributed by atoms with Crippen molar-refractivity contribution >= 4 is 43.3 Å². The van der Waals surface area contributed by atoms with Gasteiger partial charge >= 0.3 is 0 Å². The summed E-state index contributed by atoms with van der Waals surface area (Å²) >= 11 is 3.35. The minimum absolute atomic E-state index is 0.515. The number of rotatable bonds is 7. The fourth-order valence-corrected chi connectivity index (χ4v) is 6.15. The summed E-state index contributed by atoms with van der Waals surface area (Å²) in [6, 6.07) is 13.8. The summed E-state index contributed by atoms with van der Waals surface area (Å²) in [5.74, 6) is 0.816. The normalized spacial score (nSPS) is 13.2. The molecule has 7 heteroatoms. The lowest BCUT2D eigenvalue weighted by molar-refractivity contribution is 0.575. The summed E-state index contributed by atoms with van der Waals surface area (Å²) in [6.45, 7) is 3.98. The minimum Gasteiger partial charge on any atom is -0.230 e. The van der Waals surface area contributed by atoms with Crippen molar-refractivity contribution in [1.29, 1.82) is 0 Å². The van der Waals surface area contributed by atoms with Gasteiger partial charge in [0.1, 0.15) is 5.25 Å². The second kappa shape index (κ2) is 8.08. The lowest BCUT2D eigenvalue weighted by atomic mass is 10.0. The van der Waals surface area contributed by atoms with E-state index in [1.807, 2.05) is 31.2 Å². The van der Waals surface area contributed by atoms with Gasteiger partial charge in [-0.3, -0.25) is 0 Å². The minimum atomic E-state index is -3.63. The topological polar surface area (TPSA) is 73.1 Å². The van der Waals surface area contributed by atoms with E-state index in [1.54, 1.807) is 23.1 Å². The molecule has 0 fully saturated rings. The summed E-state index contributed by atoms with van der Waals surface area (Å²) in [4.78, 5) is 4.65. The second-order valence-corrected chi connectivity index (χ2v) is 10.5. The summed E-state index contributed by atoms with van der Waals surface area (Å²) in [5, 5.41) is 4.84. The van der Waals surface area contributed by atoms with Gasteiger partial charge < -0.3 is 0 Å². The van der Waals surface area contributed by atoms with Crippen LogP contribution in [0.2, 0.25) is 0 Å². The second-order valence-electron chi connectivity index (χ2n) is 6.38. The number of primary sulfonamides is 1. The molecule has 1 heterocycles. The molecule has 0 bridgehead atoms. The van der Waals surface area contributed by atoms with Crippen LogP contribution in [0.1, 0.15) is 34.8 Å². The van der Waals surface area contributed by atoms with Crippen molar-refractivity contribution in [1.82, 2.24) is 4.98 Å². The molecule has 138 valence electrons. The predicted octanol–water partition coefficient (Wildman–Crippen LogP) is 4.82. The van der Waals surface area contributed by atoms with Crippen LogP contribution in [0.5, 0.6) is 0 Å². The molecule has 0 spiro atoms. The zero-order valence-electron chi connectivity index (χ0n) is 14.8. The van der Waals surface area contributed by atoms with E-state index in [0.29, 0.717) is 6.42 Å². The average Bonchev–Trinajstić information content (AvgIpc) is 2.96. The number of hydrogen-bond acceptors (Lipinski definition) is 5. The number of benzene rings is 2. The Morgan fingerprint density at radius 2 is 1.96 bits per heavy atom. The summed E-state index contributed by atoms with van der Waals surface area (Å²) in [7, 11) is -3.63. The van der Waals surface area contributed by atoms with Crippen molar-refractivity contribution in [2.24, 2.45) is 5.14 Å². The lowest BCUT2D eigenvalue weighted by Gasteiger charge is -2.17. The molecule has 0 saturated carbocycles. The molecule has 0 aliphatic carbocycles. The van der Waals surface area contributed by atoms with E-state index in [-0.39, 0.29) is 0 Å². The van der Waals surface area contributed by atoms with E-state index >= 15 is 0 Å². The molecule has 1 unspecified atom stereocenters. The van der Waals surface area contributed by atoms with E-state index in [9.17, 15) is 8.42 Å². The Morgan fingerprint density at radius 1 is 1.19 bits per heavy atom. The zero-order chi connectivity index (χ0) is 18.7. The highest BCUT2D eigenvalue weighted by atomic mass is 32.2. The fourth-order valence-electron chi connectivity index (χ4n) is 2.95. The van der Waals surface area contributed by atoms with Crippen LogP contribution in [0.3, 0.4) is 0 Å². The number of fused-ring (bicyclic) bond motifs is 1. The highest BCUT2D eigenvalue weighted by molar-refractivity contribution is 8.01. The first-order valence-electron chi connectivity index (χ1n) is 8.42. The van der Waals surface area contributed by atoms with Crippen LogP contribution in [0, 0.1) is 13.8 Å². The third-order valence-corrected chi connectivity index (χ3v) is 7.84. The zero-order valence-corrected chi connectivity index (χ0v) is 17.3. The van der Waals surface area contributed by atoms with Crippen LogP contribution in [-0.4, -0.2) is 19.2 Å². The maximum absolute atomic E-state index is 12.1. The van der Waals surface area contributed by atoms with Crippen LogP contribution in [0.15, 0.2) is 46.8 Å². The molecule has 0 saturated heterocycles. The van der Waals surface area contributed by atoms with Crippen molar-refractivity contribution in [2.45, 2.75) is 36.3 Å². The van der Waals surface area contributed by atoms with Gasteiger partial charge in [-0.15, -0.1) is 11.3 Å². The van der Waals surface area contributed by atoms with Crippen molar-refractivity contribution in [3.8, 4) is 0 Å². The standard InChI is InChI=1S/C19H22N2O2S3/c1-13-9-10-17-16(12-13)21-19(25-17)24-11-5-8-18(26(20,22)23)15-7-4-3-6-14(15)2/h3-4,6-7,9-10,12,18H,5,8,11H2,1-2H3,(H2,20,22,23). The molecule has 0 amide bonds. The van der Waals surface area contributed by atoms with Gasteiger partial charge in [-0.25, -0.2) is 18.5 Å². The molecule has 3 aromatic rings. The molecule has 1 atom stereocenters. The number of nitrogens with zero attached hydrogens (tertiary/aromatic N) is 1. The van der Waals surface area contributed by atoms with Crippen molar-refractivity contribution in [3.05, 3.63) is 59.2 Å². The Labute approximate surface area is 162 Å². The summed E-state index contributed by atoms with van der Waals surface area (Å²) < 4.78 is 26.3. The Balaban J connectivity index is 1.64. The predicted molar refractivity (Wildman–Crippen MR) is 111 cm³/mol. The van der Waals surface area contributed by atoms with E-state index in [4.69, 9.17) is 5.14 Å². The van der Waals surface area contributed by atoms with Crippen molar-refractivity contribution in [3.63, 3.8) is 0 Å². The molecule has 0 aliphatic rings. The maximum atomic E-state index is 12.1. The number of aromatic nitrogens is 1. The van der Waals surface area contributed by atoms with Crippen molar-refractivity contribution < 1.29 is 8.42 Å². The highest BCUT2D eigenvalue weighted by Crippen LogP contribution is 2.33. The van der Waals surface area contributed by atoms with Crippen LogP contribution >= 0.6 is 23.1 Å². The smallest absolute Gasteiger partial charge is 0.216 e. The fraction of sp³-hybridized carbons (Fsp3) is 0.316. The maximum Gasteiger partial charge on any atom is 0.216 e. The van der Waals surface area contributed by atoms with Gasteiger partial charge in [-0.2, -0.15) is 0 Å². The molecule has 0 radical (unpaired) electrons. The molecule has 3 rings (SSSR count). The van der Waals surface area contributed by atoms with Crippen LogP contribution in [0.4, 0.5) is 0 Å². The lowest BCUT2D eigenvalue weighted by Crippen LogP contribution is -2.22. The first-order valence-corrected chi connectivity index (χ1v) is 11.8. The first kappa shape index (κ1) is 19.4. The highest BCUT2D eigenvalue weighted by Gasteiger charge is 2.24. The van der Waals surface area contributed by atoms with Crippen molar-refractivity contribution in [2.75, 3.05) is 5.75 Å². The quantitative estimate of drug-likeness (QED) is 0.451. The number of nitrogens with two attached hydrogens (primary N) is 1. The average molecular weight is 407 g/mol. The Bertz CT molecular complexity index is 1010. The van der Waals surface area contributed by atoms with Gasteiger partial charge in [0, 0.05) is 5.75 Å². The molecular weight excluding hydrogens is 384 g/mol. The van der Waals surface area contributed by atoms with Gasteiger partial charge in [0.05, 0.1) is 10.2 Å². The molecular formula is C19H22N2O2S3. The largest absolute Gasteiger partial charge is 0.230 e. The third kappa shape index (κ3) is 4.65. The molecule has 2 aromatic carbocycles. The number of thioether (sulfide) groups is 1. The first-order chi connectivity index (χ1) is 12.3. The van der Waals surface area contributed by atoms with Gasteiger partial charge in [0.15, 0.2) is 4.34 Å². The van der Waals surface area contributed by atoms with E-state index in [0.717, 1.165) is 33.2 Å². The number of hydrogen-bond donors (Lipinski definition) is 1. The molecule has 2 N–H and O–H groups in total. The summed E-state index contributed by atoms with van der Waals surface area (Å²) in [6.07, 6.45) is 1.27. The number of aryl methyl sites for hydroxylation is 2. The van der Waals surface area contributed by atoms with Gasteiger partial charge in [-0.1, -0.05) is 42.1 Å². The van der Waals surface area contributed by atoms with Crippen LogP contribution in [0.25, 0.3) is 10.2 Å². The molecule has 26 heavy (non-hydrogen) atoms. The molecule has 0 aliphatic heterocycles.